The van der Waals surface area contributed by atoms with Gasteiger partial charge in [0, 0.05) is 60.3 Å². The Morgan fingerprint density at radius 1 is 1.12 bits per heavy atom. The first kappa shape index (κ1) is 21.5. The van der Waals surface area contributed by atoms with Gasteiger partial charge in [-0.2, -0.15) is 0 Å². The third-order valence-electron chi connectivity index (χ3n) is 5.94. The summed E-state index contributed by atoms with van der Waals surface area (Å²) in [6.45, 7) is 2.20. The highest BCUT2D eigenvalue weighted by atomic mass is 16.3. The van der Waals surface area contributed by atoms with E-state index in [-0.39, 0.29) is 18.1 Å². The van der Waals surface area contributed by atoms with E-state index in [1.165, 1.54) is 4.57 Å². The minimum atomic E-state index is -0.263. The van der Waals surface area contributed by atoms with Crippen molar-refractivity contribution in [2.75, 3.05) is 11.9 Å². The second-order valence-electron chi connectivity index (χ2n) is 8.21. The van der Waals surface area contributed by atoms with Gasteiger partial charge in [-0.1, -0.05) is 12.1 Å². The van der Waals surface area contributed by atoms with Crippen LogP contribution in [0.1, 0.15) is 15.9 Å². The van der Waals surface area contributed by atoms with Crippen molar-refractivity contribution in [1.82, 2.24) is 19.1 Å². The topological polar surface area (TPSA) is 102 Å². The van der Waals surface area contributed by atoms with E-state index in [0.29, 0.717) is 29.1 Å². The summed E-state index contributed by atoms with van der Waals surface area (Å²) >= 11 is 0. The molecule has 5 aromatic rings. The fourth-order valence-corrected chi connectivity index (χ4v) is 4.18. The van der Waals surface area contributed by atoms with Gasteiger partial charge in [0.15, 0.2) is 0 Å². The van der Waals surface area contributed by atoms with E-state index in [2.05, 4.69) is 10.3 Å². The number of amides is 1. The number of aliphatic hydroxyl groups excluding tert-OH is 1. The molecule has 1 aromatic carbocycles. The largest absolute Gasteiger partial charge is 0.395 e. The second-order valence-corrected chi connectivity index (χ2v) is 8.21. The Kier molecular flexibility index (Phi) is 5.43. The van der Waals surface area contributed by atoms with Crippen molar-refractivity contribution in [2.45, 2.75) is 13.5 Å². The summed E-state index contributed by atoms with van der Waals surface area (Å²) in [7, 11) is 1.69. The predicted molar refractivity (Wildman–Crippen MR) is 132 cm³/mol. The van der Waals surface area contributed by atoms with Crippen LogP contribution in [0.2, 0.25) is 0 Å². The molecule has 5 rings (SSSR count). The van der Waals surface area contributed by atoms with Crippen molar-refractivity contribution in [3.05, 3.63) is 88.7 Å². The lowest BCUT2D eigenvalue weighted by molar-refractivity contribution is 0.102. The Hall–Kier alpha value is -4.30. The fourth-order valence-electron chi connectivity index (χ4n) is 4.18. The molecule has 0 radical (unpaired) electrons. The van der Waals surface area contributed by atoms with Gasteiger partial charge >= 0.3 is 0 Å². The third kappa shape index (κ3) is 3.74. The summed E-state index contributed by atoms with van der Waals surface area (Å²) in [5, 5.41) is 14.9. The van der Waals surface area contributed by atoms with Gasteiger partial charge in [0.05, 0.1) is 12.3 Å². The molecule has 2 N–H and O–H groups in total. The summed E-state index contributed by atoms with van der Waals surface area (Å²) in [6, 6.07) is 12.8. The summed E-state index contributed by atoms with van der Waals surface area (Å²) in [4.78, 5) is 34.6. The average Bonchev–Trinajstić information content (AvgIpc) is 3.26. The molecule has 4 heterocycles. The number of hydrogen-bond acceptors (Lipinski definition) is 5. The number of aromatic nitrogens is 4. The number of aliphatic hydroxyl groups is 1. The molecular formula is C26H23N5O3. The van der Waals surface area contributed by atoms with Crippen molar-refractivity contribution < 1.29 is 9.90 Å². The van der Waals surface area contributed by atoms with Gasteiger partial charge in [0.1, 0.15) is 11.3 Å². The number of hydrogen-bond donors (Lipinski definition) is 2. The van der Waals surface area contributed by atoms with Crippen LogP contribution in [-0.4, -0.2) is 36.7 Å². The third-order valence-corrected chi connectivity index (χ3v) is 5.94. The van der Waals surface area contributed by atoms with E-state index in [4.69, 9.17) is 4.98 Å². The Morgan fingerprint density at radius 2 is 1.97 bits per heavy atom. The molecule has 34 heavy (non-hydrogen) atoms. The van der Waals surface area contributed by atoms with E-state index in [1.807, 2.05) is 37.3 Å². The molecule has 0 saturated heterocycles. The van der Waals surface area contributed by atoms with Gasteiger partial charge in [-0.15, -0.1) is 0 Å². The lowest BCUT2D eigenvalue weighted by Gasteiger charge is -2.13. The fraction of sp³-hybridized carbons (Fsp3) is 0.154. The highest BCUT2D eigenvalue weighted by molar-refractivity contribution is 6.06. The first-order valence-corrected chi connectivity index (χ1v) is 10.9. The number of nitrogens with zero attached hydrogens (tertiary/aromatic N) is 4. The first-order chi connectivity index (χ1) is 16.5. The van der Waals surface area contributed by atoms with Gasteiger partial charge in [0.25, 0.3) is 11.5 Å². The molecule has 0 aliphatic heterocycles. The maximum atomic E-state index is 12.9. The number of carbonyl (C=O) groups excluding carboxylic acids is 1. The number of pyridine rings is 3. The summed E-state index contributed by atoms with van der Waals surface area (Å²) in [6.07, 6.45) is 7.00. The molecule has 0 fully saturated rings. The standard InChI is InChI=1S/C26H23N5O3/c1-16-3-6-22(29-25(33)18-4-5-19-14-27-9-7-17(19)13-18)28-23(16)21-15-30(2)26(34)24-20(21)8-10-31(24)11-12-32/h3-10,13-15,32H,11-12H2,1-2H3,(H,28,29,33). The maximum absolute atomic E-state index is 12.9. The van der Waals surface area contributed by atoms with Crippen LogP contribution in [-0.2, 0) is 13.6 Å². The van der Waals surface area contributed by atoms with Crippen LogP contribution in [0.5, 0.6) is 0 Å². The van der Waals surface area contributed by atoms with E-state index >= 15 is 0 Å². The highest BCUT2D eigenvalue weighted by Gasteiger charge is 2.17. The Bertz CT molecular complexity index is 1620. The molecule has 8 heteroatoms. The summed E-state index contributed by atoms with van der Waals surface area (Å²) in [5.74, 6) is 0.151. The SMILES string of the molecule is Cc1ccc(NC(=O)c2ccc3cnccc3c2)nc1-c1cn(C)c(=O)c2c1ccn2CCO. The molecule has 0 saturated carbocycles. The molecule has 8 nitrogen and oxygen atoms in total. The molecule has 0 unspecified atom stereocenters. The van der Waals surface area contributed by atoms with Crippen molar-refractivity contribution in [1.29, 1.82) is 0 Å². The molecule has 0 aliphatic rings. The Morgan fingerprint density at radius 3 is 2.79 bits per heavy atom. The monoisotopic (exact) mass is 453 g/mol. The normalized spacial score (nSPS) is 11.3. The number of benzene rings is 1. The number of nitrogens with one attached hydrogen (secondary N) is 1. The number of anilines is 1. The number of rotatable bonds is 5. The van der Waals surface area contributed by atoms with Crippen molar-refractivity contribution in [3.63, 3.8) is 0 Å². The van der Waals surface area contributed by atoms with Gasteiger partial charge in [-0.05, 0) is 48.2 Å². The number of fused-ring (bicyclic) bond motifs is 2. The summed E-state index contributed by atoms with van der Waals surface area (Å²) in [5.41, 5.74) is 3.24. The summed E-state index contributed by atoms with van der Waals surface area (Å²) < 4.78 is 3.26. The predicted octanol–water partition coefficient (Wildman–Crippen LogP) is 3.50. The van der Waals surface area contributed by atoms with Gasteiger partial charge in [-0.3, -0.25) is 14.6 Å². The molecule has 1 amide bonds. The zero-order valence-electron chi connectivity index (χ0n) is 18.8. The van der Waals surface area contributed by atoms with Crippen LogP contribution in [0.25, 0.3) is 32.9 Å². The minimum absolute atomic E-state index is 0.0682. The second kappa shape index (κ2) is 8.57. The smallest absolute Gasteiger partial charge is 0.274 e. The van der Waals surface area contributed by atoms with E-state index in [9.17, 15) is 14.7 Å². The van der Waals surface area contributed by atoms with Crippen LogP contribution >= 0.6 is 0 Å². The first-order valence-electron chi connectivity index (χ1n) is 10.9. The molecule has 0 bridgehead atoms. The van der Waals surface area contributed by atoms with Gasteiger partial charge < -0.3 is 19.6 Å². The zero-order chi connectivity index (χ0) is 23.8. The van der Waals surface area contributed by atoms with Gasteiger partial charge in [-0.25, -0.2) is 4.98 Å². The zero-order valence-corrected chi connectivity index (χ0v) is 18.8. The van der Waals surface area contributed by atoms with E-state index < -0.39 is 0 Å². The van der Waals surface area contributed by atoms with Crippen LogP contribution in [0.3, 0.4) is 0 Å². The van der Waals surface area contributed by atoms with Crippen LogP contribution in [0, 0.1) is 6.92 Å². The molecule has 0 atom stereocenters. The lowest BCUT2D eigenvalue weighted by atomic mass is 10.0. The molecular weight excluding hydrogens is 430 g/mol. The van der Waals surface area contributed by atoms with E-state index in [1.54, 1.807) is 48.5 Å². The molecule has 4 aromatic heterocycles. The van der Waals surface area contributed by atoms with E-state index in [0.717, 1.165) is 27.3 Å². The van der Waals surface area contributed by atoms with Crippen molar-refractivity contribution >= 4 is 33.4 Å². The quantitative estimate of drug-likeness (QED) is 0.424. The molecule has 170 valence electrons. The molecule has 0 aliphatic carbocycles. The Labute approximate surface area is 195 Å². The lowest BCUT2D eigenvalue weighted by Crippen LogP contribution is -2.20. The van der Waals surface area contributed by atoms with Crippen molar-refractivity contribution in [2.24, 2.45) is 7.05 Å². The minimum Gasteiger partial charge on any atom is -0.395 e. The van der Waals surface area contributed by atoms with Crippen LogP contribution in [0.15, 0.2) is 72.0 Å². The van der Waals surface area contributed by atoms with Gasteiger partial charge in [0.2, 0.25) is 0 Å². The number of carbonyl (C=O) groups is 1. The number of aryl methyl sites for hydroxylation is 2. The highest BCUT2D eigenvalue weighted by Crippen LogP contribution is 2.30. The van der Waals surface area contributed by atoms with Crippen LogP contribution < -0.4 is 10.9 Å². The molecule has 0 spiro atoms. The Balaban J connectivity index is 1.54. The van der Waals surface area contributed by atoms with Crippen molar-refractivity contribution in [3.8, 4) is 11.3 Å². The average molecular weight is 454 g/mol. The van der Waals surface area contributed by atoms with Crippen LogP contribution in [0.4, 0.5) is 5.82 Å². The maximum Gasteiger partial charge on any atom is 0.274 e.